The Labute approximate surface area is 127 Å². The highest BCUT2D eigenvalue weighted by Crippen LogP contribution is 2.17. The maximum atomic E-state index is 12.3. The highest BCUT2D eigenvalue weighted by atomic mass is 35.5. The number of nitrogens with two attached hydrogens (primary N) is 1. The van der Waals surface area contributed by atoms with Gasteiger partial charge in [0.1, 0.15) is 0 Å². The molecule has 0 aliphatic heterocycles. The Kier molecular flexibility index (Phi) is 4.71. The summed E-state index contributed by atoms with van der Waals surface area (Å²) in [5.41, 5.74) is 7.56. The number of carbonyl (C=O) groups is 1. The zero-order valence-corrected chi connectivity index (χ0v) is 12.2. The molecule has 0 radical (unpaired) electrons. The zero-order chi connectivity index (χ0) is 14.5. The van der Waals surface area contributed by atoms with Crippen molar-refractivity contribution in [1.29, 1.82) is 0 Å². The van der Waals surface area contributed by atoms with E-state index in [0.717, 1.165) is 5.56 Å². The largest absolute Gasteiger partial charge is 0.393 e. The molecular weight excluding hydrogens is 292 g/mol. The predicted octanol–water partition coefficient (Wildman–Crippen LogP) is 3.42. The molecule has 1 amide bonds. The maximum absolute atomic E-state index is 12.3. The van der Waals surface area contributed by atoms with E-state index in [0.29, 0.717) is 27.7 Å². The summed E-state index contributed by atoms with van der Waals surface area (Å²) in [6.45, 7) is 0. The number of hydrogen-bond acceptors (Lipinski definition) is 2. The normalized spacial score (nSPS) is 10.1. The lowest BCUT2D eigenvalue weighted by Crippen LogP contribution is -2.18. The van der Waals surface area contributed by atoms with Gasteiger partial charge in [-0.3, -0.25) is 4.79 Å². The third kappa shape index (κ3) is 3.79. The van der Waals surface area contributed by atoms with Crippen LogP contribution in [0.2, 0.25) is 5.02 Å². The van der Waals surface area contributed by atoms with Gasteiger partial charge in [-0.25, -0.2) is 0 Å². The highest BCUT2D eigenvalue weighted by molar-refractivity contribution is 7.80. The lowest BCUT2D eigenvalue weighted by Gasteiger charge is -2.10. The van der Waals surface area contributed by atoms with Crippen molar-refractivity contribution in [1.82, 2.24) is 0 Å². The first kappa shape index (κ1) is 14.5. The quantitative estimate of drug-likeness (QED) is 0.851. The predicted molar refractivity (Wildman–Crippen MR) is 86.3 cm³/mol. The molecule has 0 aliphatic rings. The fourth-order valence-corrected chi connectivity index (χ4v) is 2.19. The van der Waals surface area contributed by atoms with Gasteiger partial charge < -0.3 is 11.1 Å². The molecule has 0 saturated heterocycles. The van der Waals surface area contributed by atoms with Gasteiger partial charge in [-0.05, 0) is 29.8 Å². The van der Waals surface area contributed by atoms with Crippen LogP contribution in [0, 0.1) is 0 Å². The Morgan fingerprint density at radius 2 is 1.95 bits per heavy atom. The summed E-state index contributed by atoms with van der Waals surface area (Å²) in [6, 6.07) is 14.2. The first-order valence-corrected chi connectivity index (χ1v) is 6.78. The van der Waals surface area contributed by atoms with Crippen molar-refractivity contribution in [2.45, 2.75) is 6.42 Å². The average molecular weight is 305 g/mol. The first-order chi connectivity index (χ1) is 9.56. The smallest absolute Gasteiger partial charge is 0.255 e. The Morgan fingerprint density at radius 3 is 2.65 bits per heavy atom. The van der Waals surface area contributed by atoms with Gasteiger partial charge in [-0.2, -0.15) is 0 Å². The summed E-state index contributed by atoms with van der Waals surface area (Å²) in [5, 5.41) is 3.37. The van der Waals surface area contributed by atoms with Gasteiger partial charge in [0.25, 0.3) is 5.91 Å². The second-order valence-corrected chi connectivity index (χ2v) is 5.23. The minimum Gasteiger partial charge on any atom is -0.393 e. The molecule has 0 aromatic heterocycles. The van der Waals surface area contributed by atoms with E-state index in [9.17, 15) is 4.79 Å². The third-order valence-electron chi connectivity index (χ3n) is 2.71. The molecule has 3 nitrogen and oxygen atoms in total. The molecule has 20 heavy (non-hydrogen) atoms. The lowest BCUT2D eigenvalue weighted by atomic mass is 10.0. The average Bonchev–Trinajstić information content (AvgIpc) is 2.38. The van der Waals surface area contributed by atoms with E-state index in [1.807, 2.05) is 12.1 Å². The molecule has 2 aromatic rings. The number of thiocarbonyl (C=S) groups is 1. The van der Waals surface area contributed by atoms with E-state index in [1.165, 1.54) is 0 Å². The summed E-state index contributed by atoms with van der Waals surface area (Å²) >= 11 is 10.8. The van der Waals surface area contributed by atoms with E-state index >= 15 is 0 Å². The van der Waals surface area contributed by atoms with Gasteiger partial charge in [0.05, 0.1) is 4.99 Å². The summed E-state index contributed by atoms with van der Waals surface area (Å²) in [7, 11) is 0. The number of anilines is 1. The van der Waals surface area contributed by atoms with E-state index in [4.69, 9.17) is 29.6 Å². The van der Waals surface area contributed by atoms with E-state index in [1.54, 1.807) is 36.4 Å². The standard InChI is InChI=1S/C15H13ClN2OS/c16-11-5-3-6-12(9-11)18-15(19)13-7-2-1-4-10(13)8-14(17)20/h1-7,9H,8H2,(H2,17,20)(H,18,19). The molecule has 0 aliphatic carbocycles. The van der Waals surface area contributed by atoms with Crippen LogP contribution in [-0.4, -0.2) is 10.9 Å². The molecule has 0 heterocycles. The Hall–Kier alpha value is -1.91. The van der Waals surface area contributed by atoms with Gasteiger partial charge in [0, 0.05) is 22.7 Å². The van der Waals surface area contributed by atoms with Crippen LogP contribution in [0.1, 0.15) is 15.9 Å². The Balaban J connectivity index is 2.23. The van der Waals surface area contributed by atoms with Gasteiger partial charge in [0.15, 0.2) is 0 Å². The first-order valence-electron chi connectivity index (χ1n) is 5.99. The van der Waals surface area contributed by atoms with E-state index < -0.39 is 0 Å². The molecule has 0 atom stereocenters. The lowest BCUT2D eigenvalue weighted by molar-refractivity contribution is 0.102. The van der Waals surface area contributed by atoms with Crippen LogP contribution in [0.15, 0.2) is 48.5 Å². The summed E-state index contributed by atoms with van der Waals surface area (Å²) in [6.07, 6.45) is 0.397. The SMILES string of the molecule is NC(=S)Cc1ccccc1C(=O)Nc1cccc(Cl)c1. The molecule has 0 spiro atoms. The molecule has 2 aromatic carbocycles. The Bertz CT molecular complexity index is 658. The van der Waals surface area contributed by atoms with Gasteiger partial charge >= 0.3 is 0 Å². The van der Waals surface area contributed by atoms with Crippen molar-refractivity contribution in [3.63, 3.8) is 0 Å². The molecular formula is C15H13ClN2OS. The molecule has 2 rings (SSSR count). The number of halogens is 1. The summed E-state index contributed by atoms with van der Waals surface area (Å²) in [4.78, 5) is 12.6. The molecule has 0 unspecified atom stereocenters. The van der Waals surface area contributed by atoms with Crippen molar-refractivity contribution in [3.8, 4) is 0 Å². The molecule has 0 saturated carbocycles. The van der Waals surface area contributed by atoms with Crippen LogP contribution >= 0.6 is 23.8 Å². The summed E-state index contributed by atoms with van der Waals surface area (Å²) in [5.74, 6) is -0.209. The van der Waals surface area contributed by atoms with Gasteiger partial charge in [-0.1, -0.05) is 48.1 Å². The second-order valence-electron chi connectivity index (χ2n) is 4.26. The van der Waals surface area contributed by atoms with Crippen LogP contribution in [0.3, 0.4) is 0 Å². The fraction of sp³-hybridized carbons (Fsp3) is 0.0667. The third-order valence-corrected chi connectivity index (χ3v) is 3.09. The van der Waals surface area contributed by atoms with Crippen LogP contribution in [0.4, 0.5) is 5.69 Å². The van der Waals surface area contributed by atoms with Crippen molar-refractivity contribution in [3.05, 3.63) is 64.7 Å². The van der Waals surface area contributed by atoms with Crippen molar-refractivity contribution in [2.24, 2.45) is 5.73 Å². The Morgan fingerprint density at radius 1 is 1.20 bits per heavy atom. The van der Waals surface area contributed by atoms with E-state index in [2.05, 4.69) is 5.32 Å². The minimum absolute atomic E-state index is 0.209. The van der Waals surface area contributed by atoms with Crippen LogP contribution < -0.4 is 11.1 Å². The maximum Gasteiger partial charge on any atom is 0.255 e. The number of benzene rings is 2. The molecule has 5 heteroatoms. The van der Waals surface area contributed by atoms with Crippen LogP contribution in [0.5, 0.6) is 0 Å². The number of rotatable bonds is 4. The fourth-order valence-electron chi connectivity index (χ4n) is 1.85. The molecule has 102 valence electrons. The van der Waals surface area contributed by atoms with Crippen molar-refractivity contribution in [2.75, 3.05) is 5.32 Å². The number of hydrogen-bond donors (Lipinski definition) is 2. The zero-order valence-electron chi connectivity index (χ0n) is 10.6. The summed E-state index contributed by atoms with van der Waals surface area (Å²) < 4.78 is 0. The molecule has 3 N–H and O–H groups in total. The van der Waals surface area contributed by atoms with Crippen molar-refractivity contribution < 1.29 is 4.79 Å². The van der Waals surface area contributed by atoms with Crippen LogP contribution in [-0.2, 0) is 6.42 Å². The highest BCUT2D eigenvalue weighted by Gasteiger charge is 2.11. The second kappa shape index (κ2) is 6.50. The van der Waals surface area contributed by atoms with Gasteiger partial charge in [-0.15, -0.1) is 0 Å². The minimum atomic E-state index is -0.209. The monoisotopic (exact) mass is 304 g/mol. The number of nitrogens with one attached hydrogen (secondary N) is 1. The molecule has 0 fully saturated rings. The van der Waals surface area contributed by atoms with Crippen molar-refractivity contribution >= 4 is 40.4 Å². The number of carbonyl (C=O) groups excluding carboxylic acids is 1. The van der Waals surface area contributed by atoms with Gasteiger partial charge in [0.2, 0.25) is 0 Å². The number of amides is 1. The topological polar surface area (TPSA) is 55.1 Å². The van der Waals surface area contributed by atoms with E-state index in [-0.39, 0.29) is 5.91 Å². The molecule has 0 bridgehead atoms. The van der Waals surface area contributed by atoms with Crippen LogP contribution in [0.25, 0.3) is 0 Å².